The first-order valence-corrected chi connectivity index (χ1v) is 12.4. The van der Waals surface area contributed by atoms with Gasteiger partial charge in [-0.25, -0.2) is 4.79 Å². The van der Waals surface area contributed by atoms with Crippen molar-refractivity contribution in [2.24, 2.45) is 34.7 Å². The molecule has 7 unspecified atom stereocenters. The Balaban J connectivity index is 1.62. The van der Waals surface area contributed by atoms with Crippen LogP contribution in [-0.4, -0.2) is 29.3 Å². The third kappa shape index (κ3) is 4.14. The summed E-state index contributed by atoms with van der Waals surface area (Å²) in [6, 6.07) is -0.212. The molecule has 0 aromatic rings. The maximum absolute atomic E-state index is 13.0. The molecule has 2 aliphatic carbocycles. The molecule has 7 atom stereocenters. The Bertz CT molecular complexity index is 755. The van der Waals surface area contributed by atoms with Gasteiger partial charge in [0.25, 0.3) is 0 Å². The maximum atomic E-state index is 13.0. The molecule has 4 rings (SSSR count). The average molecular weight is 430 g/mol. The van der Waals surface area contributed by atoms with Gasteiger partial charge in [-0.1, -0.05) is 51.2 Å². The number of allylic oxidation sites excluding steroid dienone is 1. The minimum atomic E-state index is -0.574. The van der Waals surface area contributed by atoms with E-state index in [-0.39, 0.29) is 30.0 Å². The van der Waals surface area contributed by atoms with Gasteiger partial charge in [-0.15, -0.1) is 0 Å². The van der Waals surface area contributed by atoms with Gasteiger partial charge in [0.1, 0.15) is 11.7 Å². The van der Waals surface area contributed by atoms with Crippen LogP contribution >= 0.6 is 0 Å². The lowest BCUT2D eigenvalue weighted by Crippen LogP contribution is -2.60. The zero-order chi connectivity index (χ0) is 22.2. The highest BCUT2D eigenvalue weighted by molar-refractivity contribution is 5.82. The minimum Gasteiger partial charge on any atom is -0.456 e. The lowest BCUT2D eigenvalue weighted by Gasteiger charge is -2.52. The monoisotopic (exact) mass is 429 g/mol. The predicted molar refractivity (Wildman–Crippen MR) is 120 cm³/mol. The summed E-state index contributed by atoms with van der Waals surface area (Å²) in [5, 5.41) is 4.19. The Labute approximate surface area is 186 Å². The summed E-state index contributed by atoms with van der Waals surface area (Å²) in [4.78, 5) is 16.2. The summed E-state index contributed by atoms with van der Waals surface area (Å²) in [5.41, 5.74) is 8.18. The number of esters is 1. The molecule has 31 heavy (non-hydrogen) atoms. The molecule has 2 saturated heterocycles. The molecule has 0 radical (unpaired) electrons. The summed E-state index contributed by atoms with van der Waals surface area (Å²) in [5.74, 6) is 1.61. The Kier molecular flexibility index (Phi) is 6.42. The molecule has 6 heteroatoms. The molecule has 6 nitrogen and oxygen atoms in total. The normalized spacial score (nSPS) is 42.5. The Morgan fingerprint density at radius 2 is 2.00 bits per heavy atom. The predicted octanol–water partition coefficient (Wildman–Crippen LogP) is 6.35. The average Bonchev–Trinajstić information content (AvgIpc) is 3.22. The lowest BCUT2D eigenvalue weighted by molar-refractivity contribution is -0.249. The molecule has 0 N–H and O–H groups in total. The minimum absolute atomic E-state index is 0.212. The highest BCUT2D eigenvalue weighted by Crippen LogP contribution is 2.62. The number of carbonyl (C=O) groups is 1. The van der Waals surface area contributed by atoms with Crippen LogP contribution < -0.4 is 0 Å². The van der Waals surface area contributed by atoms with Gasteiger partial charge in [-0.2, -0.15) is 0 Å². The lowest BCUT2D eigenvalue weighted by atomic mass is 9.70. The SMILES string of the molecule is CC(C)CC12CC(N=[N+]=[N-])C(C)(O1)C1CCC(C)C1C2OC(=O)/C=C/C1CCCCC1. The van der Waals surface area contributed by atoms with Crippen molar-refractivity contribution in [1.82, 2.24) is 0 Å². The first kappa shape index (κ1) is 22.7. The number of azide groups is 1. The number of nitrogens with zero attached hydrogens (tertiary/aromatic N) is 3. The Morgan fingerprint density at radius 1 is 1.26 bits per heavy atom. The fourth-order valence-corrected chi connectivity index (χ4v) is 7.37. The number of carbonyl (C=O) groups excluding carboxylic acids is 1. The van der Waals surface area contributed by atoms with Gasteiger partial charge in [0.05, 0.1) is 11.6 Å². The van der Waals surface area contributed by atoms with Gasteiger partial charge in [-0.3, -0.25) is 0 Å². The molecule has 4 fully saturated rings. The molecule has 2 bridgehead atoms. The summed E-state index contributed by atoms with van der Waals surface area (Å²) >= 11 is 0. The van der Waals surface area contributed by atoms with Crippen LogP contribution in [0.2, 0.25) is 0 Å². The largest absolute Gasteiger partial charge is 0.456 e. The highest BCUT2D eigenvalue weighted by Gasteiger charge is 2.70. The third-order valence-corrected chi connectivity index (χ3v) is 8.62. The molecule has 2 aliphatic heterocycles. The second-order valence-electron chi connectivity index (χ2n) is 11.2. The Morgan fingerprint density at radius 3 is 2.68 bits per heavy atom. The molecular weight excluding hydrogens is 390 g/mol. The van der Waals surface area contributed by atoms with Crippen molar-refractivity contribution < 1.29 is 14.3 Å². The standard InChI is InChI=1S/C25H39N3O3/c1-16(2)14-25-15-20(27-28-26)24(4,31-25)19-12-10-17(3)22(19)23(25)30-21(29)13-11-18-8-6-5-7-9-18/h11,13,16-20,22-23H,5-10,12,14-15H2,1-4H3/b13-11+. The van der Waals surface area contributed by atoms with Crippen LogP contribution in [0.15, 0.2) is 17.3 Å². The van der Waals surface area contributed by atoms with E-state index in [1.165, 1.54) is 32.1 Å². The molecule has 0 amide bonds. The van der Waals surface area contributed by atoms with Crippen LogP contribution in [0, 0.1) is 29.6 Å². The van der Waals surface area contributed by atoms with Gasteiger partial charge >= 0.3 is 5.97 Å². The van der Waals surface area contributed by atoms with Crippen LogP contribution in [0.4, 0.5) is 0 Å². The van der Waals surface area contributed by atoms with Crippen molar-refractivity contribution in [3.8, 4) is 0 Å². The summed E-state index contributed by atoms with van der Waals surface area (Å²) < 4.78 is 13.1. The summed E-state index contributed by atoms with van der Waals surface area (Å²) in [6.45, 7) is 8.78. The second-order valence-corrected chi connectivity index (χ2v) is 11.2. The first-order valence-electron chi connectivity index (χ1n) is 12.4. The van der Waals surface area contributed by atoms with E-state index in [4.69, 9.17) is 9.47 Å². The van der Waals surface area contributed by atoms with Gasteiger partial charge in [0.2, 0.25) is 0 Å². The number of ether oxygens (including phenoxy) is 2. The third-order valence-electron chi connectivity index (χ3n) is 8.62. The van der Waals surface area contributed by atoms with E-state index in [0.717, 1.165) is 19.3 Å². The molecule has 2 heterocycles. The van der Waals surface area contributed by atoms with Gasteiger partial charge < -0.3 is 9.47 Å². The number of hydrogen-bond donors (Lipinski definition) is 0. The highest BCUT2D eigenvalue weighted by atomic mass is 16.6. The zero-order valence-electron chi connectivity index (χ0n) is 19.6. The van der Waals surface area contributed by atoms with Gasteiger partial charge in [-0.05, 0) is 74.7 Å². The number of hydrogen-bond acceptors (Lipinski definition) is 4. The second kappa shape index (κ2) is 8.78. The topological polar surface area (TPSA) is 84.3 Å². The molecule has 4 aliphatic rings. The van der Waals surface area contributed by atoms with Crippen molar-refractivity contribution in [2.45, 2.75) is 109 Å². The van der Waals surface area contributed by atoms with E-state index in [2.05, 4.69) is 43.8 Å². The van der Waals surface area contributed by atoms with Crippen molar-refractivity contribution in [1.29, 1.82) is 0 Å². The van der Waals surface area contributed by atoms with Crippen LogP contribution in [0.5, 0.6) is 0 Å². The van der Waals surface area contributed by atoms with E-state index < -0.39 is 11.2 Å². The van der Waals surface area contributed by atoms with Crippen molar-refractivity contribution in [2.75, 3.05) is 0 Å². The molecule has 172 valence electrons. The van der Waals surface area contributed by atoms with E-state index in [0.29, 0.717) is 24.2 Å². The van der Waals surface area contributed by atoms with Crippen molar-refractivity contribution in [3.63, 3.8) is 0 Å². The van der Waals surface area contributed by atoms with E-state index in [1.54, 1.807) is 6.08 Å². The number of fused-ring (bicyclic) bond motifs is 4. The zero-order valence-corrected chi connectivity index (χ0v) is 19.6. The van der Waals surface area contributed by atoms with Gasteiger partial charge in [0, 0.05) is 16.9 Å². The molecular formula is C25H39N3O3. The first-order chi connectivity index (χ1) is 14.8. The maximum Gasteiger partial charge on any atom is 0.330 e. The summed E-state index contributed by atoms with van der Waals surface area (Å²) in [6.07, 6.45) is 13.2. The van der Waals surface area contributed by atoms with E-state index in [1.807, 2.05) is 0 Å². The summed E-state index contributed by atoms with van der Waals surface area (Å²) in [7, 11) is 0. The molecule has 0 aromatic heterocycles. The molecule has 2 saturated carbocycles. The molecule has 0 spiro atoms. The van der Waals surface area contributed by atoms with Crippen molar-refractivity contribution in [3.05, 3.63) is 22.6 Å². The van der Waals surface area contributed by atoms with Crippen molar-refractivity contribution >= 4 is 5.97 Å². The molecule has 0 aromatic carbocycles. The van der Waals surface area contributed by atoms with Crippen LogP contribution in [0.25, 0.3) is 10.4 Å². The van der Waals surface area contributed by atoms with Gasteiger partial charge in [0.15, 0.2) is 0 Å². The quantitative estimate of drug-likeness (QED) is 0.162. The van der Waals surface area contributed by atoms with Crippen LogP contribution in [-0.2, 0) is 14.3 Å². The fourth-order valence-electron chi connectivity index (χ4n) is 7.37. The smallest absolute Gasteiger partial charge is 0.330 e. The fraction of sp³-hybridized carbons (Fsp3) is 0.880. The van der Waals surface area contributed by atoms with Crippen LogP contribution in [0.1, 0.15) is 85.5 Å². The van der Waals surface area contributed by atoms with E-state index in [9.17, 15) is 10.3 Å². The number of rotatable bonds is 6. The Hall–Kier alpha value is -1.52. The van der Waals surface area contributed by atoms with Crippen LogP contribution in [0.3, 0.4) is 0 Å². The van der Waals surface area contributed by atoms with E-state index >= 15 is 0 Å².